The lowest BCUT2D eigenvalue weighted by atomic mass is 10.1. The van der Waals surface area contributed by atoms with Gasteiger partial charge in [0.05, 0.1) is 10.8 Å². The van der Waals surface area contributed by atoms with Crippen LogP contribution >= 0.6 is 0 Å². The Hall–Kier alpha value is -1.56. The fourth-order valence-corrected chi connectivity index (χ4v) is 2.95. The van der Waals surface area contributed by atoms with Crippen molar-refractivity contribution in [1.82, 2.24) is 4.90 Å². The third-order valence-corrected chi connectivity index (χ3v) is 4.28. The highest BCUT2D eigenvalue weighted by molar-refractivity contribution is 7.85. The van der Waals surface area contributed by atoms with Crippen molar-refractivity contribution in [2.75, 3.05) is 18.8 Å². The first-order valence-corrected chi connectivity index (χ1v) is 7.31. The zero-order valence-electron chi connectivity index (χ0n) is 10.3. The summed E-state index contributed by atoms with van der Waals surface area (Å²) < 4.78 is 24.9. The van der Waals surface area contributed by atoms with Gasteiger partial charge in [0.25, 0.3) is 0 Å². The van der Waals surface area contributed by atoms with Crippen molar-refractivity contribution in [1.29, 1.82) is 0 Å². The highest BCUT2D eigenvalue weighted by atomic mass is 32.2. The van der Waals surface area contributed by atoms with Crippen LogP contribution < -0.4 is 0 Å². The maximum atomic E-state index is 13.0. The number of nitrogens with zero attached hydrogens (tertiary/aromatic N) is 1. The van der Waals surface area contributed by atoms with Crippen molar-refractivity contribution < 1.29 is 18.2 Å². The maximum Gasteiger partial charge on any atom is 0.235 e. The molecule has 4 nitrogen and oxygen atoms in total. The van der Waals surface area contributed by atoms with Crippen molar-refractivity contribution >= 4 is 22.5 Å². The summed E-state index contributed by atoms with van der Waals surface area (Å²) in [6.07, 6.45) is 0.719. The van der Waals surface area contributed by atoms with E-state index in [4.69, 9.17) is 0 Å². The van der Waals surface area contributed by atoms with E-state index >= 15 is 0 Å². The van der Waals surface area contributed by atoms with E-state index in [-0.39, 0.29) is 17.4 Å². The highest BCUT2D eigenvalue weighted by Gasteiger charge is 2.22. The number of Topliss-reactive ketones (excluding diaryl/α,β-unsaturated/α-hetero) is 1. The Labute approximate surface area is 113 Å². The Bertz CT molecular complexity index is 522. The lowest BCUT2D eigenvalue weighted by Gasteiger charge is -2.25. The van der Waals surface area contributed by atoms with E-state index in [0.717, 1.165) is 0 Å². The molecule has 102 valence electrons. The first kappa shape index (κ1) is 13.9. The number of ketones is 1. The topological polar surface area (TPSA) is 54.5 Å². The molecule has 1 saturated heterocycles. The van der Waals surface area contributed by atoms with Crippen LogP contribution in [0.1, 0.15) is 12.8 Å². The Morgan fingerprint density at radius 3 is 2.63 bits per heavy atom. The Morgan fingerprint density at radius 1 is 1.32 bits per heavy atom. The molecule has 0 spiro atoms. The fraction of sp³-hybridized carbons (Fsp3) is 0.385. The van der Waals surface area contributed by atoms with Gasteiger partial charge in [-0.25, -0.2) is 4.39 Å². The minimum atomic E-state index is -1.55. The number of amides is 1. The number of hydrogen-bond donors (Lipinski definition) is 0. The second-order valence-corrected chi connectivity index (χ2v) is 5.82. The van der Waals surface area contributed by atoms with Gasteiger partial charge in [-0.15, -0.1) is 0 Å². The molecule has 1 aliphatic heterocycles. The highest BCUT2D eigenvalue weighted by Crippen LogP contribution is 2.11. The molecule has 0 saturated carbocycles. The minimum absolute atomic E-state index is 0.148. The van der Waals surface area contributed by atoms with Gasteiger partial charge < -0.3 is 4.90 Å². The molecule has 1 atom stereocenters. The molecule has 0 radical (unpaired) electrons. The van der Waals surface area contributed by atoms with Crippen LogP contribution in [0.4, 0.5) is 4.39 Å². The molecule has 0 aromatic heterocycles. The number of benzene rings is 1. The largest absolute Gasteiger partial charge is 0.341 e. The van der Waals surface area contributed by atoms with Crippen molar-refractivity contribution in [3.05, 3.63) is 30.1 Å². The predicted molar refractivity (Wildman–Crippen MR) is 68.5 cm³/mol. The van der Waals surface area contributed by atoms with Gasteiger partial charge in [0.15, 0.2) is 0 Å². The smallest absolute Gasteiger partial charge is 0.235 e. The molecule has 6 heteroatoms. The maximum absolute atomic E-state index is 13.0. The van der Waals surface area contributed by atoms with Crippen LogP contribution in [-0.2, 0) is 20.4 Å². The van der Waals surface area contributed by atoms with Gasteiger partial charge in [0.1, 0.15) is 17.4 Å². The molecule has 19 heavy (non-hydrogen) atoms. The van der Waals surface area contributed by atoms with Crippen LogP contribution in [0.15, 0.2) is 29.2 Å². The number of carbonyl (C=O) groups is 2. The van der Waals surface area contributed by atoms with Gasteiger partial charge in [-0.3, -0.25) is 13.8 Å². The van der Waals surface area contributed by atoms with E-state index in [2.05, 4.69) is 0 Å². The molecule has 1 fully saturated rings. The average molecular weight is 283 g/mol. The van der Waals surface area contributed by atoms with E-state index in [1.807, 2.05) is 0 Å². The zero-order chi connectivity index (χ0) is 13.8. The van der Waals surface area contributed by atoms with Gasteiger partial charge in [0.2, 0.25) is 5.91 Å². The van der Waals surface area contributed by atoms with Crippen LogP contribution in [0.5, 0.6) is 0 Å². The number of carbonyl (C=O) groups excluding carboxylic acids is 2. The number of piperidine rings is 1. The van der Waals surface area contributed by atoms with Gasteiger partial charge in [-0.1, -0.05) is 6.07 Å². The van der Waals surface area contributed by atoms with E-state index in [1.54, 1.807) is 4.90 Å². The van der Waals surface area contributed by atoms with Crippen LogP contribution in [0.25, 0.3) is 0 Å². The standard InChI is InChI=1S/C13H14FNO3S/c14-10-2-1-3-12(8-10)19(18)9-13(17)15-6-4-11(16)5-7-15/h1-3,8H,4-7,9H2. The molecule has 0 bridgehead atoms. The third kappa shape index (κ3) is 3.70. The summed E-state index contributed by atoms with van der Waals surface area (Å²) in [6, 6.07) is 5.43. The number of likely N-dealkylation sites (tertiary alicyclic amines) is 1. The molecule has 0 N–H and O–H groups in total. The van der Waals surface area contributed by atoms with E-state index in [0.29, 0.717) is 30.8 Å². The van der Waals surface area contributed by atoms with Crippen molar-refractivity contribution in [3.63, 3.8) is 0 Å². The molecular formula is C13H14FNO3S. The first-order chi connectivity index (χ1) is 9.06. The van der Waals surface area contributed by atoms with Crippen molar-refractivity contribution in [2.24, 2.45) is 0 Å². The van der Waals surface area contributed by atoms with Crippen LogP contribution in [0.2, 0.25) is 0 Å². The van der Waals surface area contributed by atoms with Gasteiger partial charge in [-0.05, 0) is 18.2 Å². The summed E-state index contributed by atoms with van der Waals surface area (Å²) in [5.41, 5.74) is 0. The molecule has 2 rings (SSSR count). The summed E-state index contributed by atoms with van der Waals surface area (Å²) >= 11 is 0. The first-order valence-electron chi connectivity index (χ1n) is 5.99. The molecule has 1 aliphatic rings. The van der Waals surface area contributed by atoms with Crippen molar-refractivity contribution in [3.8, 4) is 0 Å². The fourth-order valence-electron chi connectivity index (χ4n) is 1.90. The zero-order valence-corrected chi connectivity index (χ0v) is 11.1. The second kappa shape index (κ2) is 6.06. The lowest BCUT2D eigenvalue weighted by Crippen LogP contribution is -2.40. The SMILES string of the molecule is O=C1CCN(C(=O)CS(=O)c2cccc(F)c2)CC1. The van der Waals surface area contributed by atoms with E-state index < -0.39 is 16.6 Å². The van der Waals surface area contributed by atoms with Crippen molar-refractivity contribution in [2.45, 2.75) is 17.7 Å². The third-order valence-electron chi connectivity index (χ3n) is 2.99. The molecule has 1 heterocycles. The number of rotatable bonds is 3. The van der Waals surface area contributed by atoms with Crippen LogP contribution in [0.3, 0.4) is 0 Å². The Kier molecular flexibility index (Phi) is 4.42. The number of halogens is 1. The Balaban J connectivity index is 1.95. The average Bonchev–Trinajstić information content (AvgIpc) is 2.39. The van der Waals surface area contributed by atoms with Crippen LogP contribution in [-0.4, -0.2) is 39.6 Å². The van der Waals surface area contributed by atoms with Gasteiger partial charge >= 0.3 is 0 Å². The van der Waals surface area contributed by atoms with Gasteiger partial charge in [-0.2, -0.15) is 0 Å². The quantitative estimate of drug-likeness (QED) is 0.835. The summed E-state index contributed by atoms with van der Waals surface area (Å²) in [5.74, 6) is -0.746. The molecule has 1 unspecified atom stereocenters. The minimum Gasteiger partial charge on any atom is -0.341 e. The summed E-state index contributed by atoms with van der Waals surface area (Å²) in [4.78, 5) is 24.8. The molecule has 1 aromatic rings. The summed E-state index contributed by atoms with van der Waals surface area (Å²) in [7, 11) is -1.55. The lowest BCUT2D eigenvalue weighted by molar-refractivity contribution is -0.132. The Morgan fingerprint density at radius 2 is 2.00 bits per heavy atom. The normalized spacial score (nSPS) is 17.3. The van der Waals surface area contributed by atoms with Crippen LogP contribution in [0, 0.1) is 5.82 Å². The molecule has 0 aliphatic carbocycles. The molecule has 1 aromatic carbocycles. The monoisotopic (exact) mass is 283 g/mol. The number of hydrogen-bond acceptors (Lipinski definition) is 3. The van der Waals surface area contributed by atoms with Gasteiger partial charge in [0, 0.05) is 30.8 Å². The predicted octanol–water partition coefficient (Wildman–Crippen LogP) is 1.12. The summed E-state index contributed by atoms with van der Waals surface area (Å²) in [5, 5.41) is 0. The summed E-state index contributed by atoms with van der Waals surface area (Å²) in [6.45, 7) is 0.774. The van der Waals surface area contributed by atoms with E-state index in [1.165, 1.54) is 24.3 Å². The molecular weight excluding hydrogens is 269 g/mol. The van der Waals surface area contributed by atoms with E-state index in [9.17, 15) is 18.2 Å². The second-order valence-electron chi connectivity index (χ2n) is 4.37. The molecule has 1 amide bonds.